The first-order chi connectivity index (χ1) is 10.5. The van der Waals surface area contributed by atoms with Crippen LogP contribution < -0.4 is 0 Å². The summed E-state index contributed by atoms with van der Waals surface area (Å²) in [6.07, 6.45) is 0.231. The molecule has 22 heavy (non-hydrogen) atoms. The summed E-state index contributed by atoms with van der Waals surface area (Å²) in [6, 6.07) is 5.50. The number of benzene rings is 1. The number of alkyl halides is 3. The van der Waals surface area contributed by atoms with Crippen molar-refractivity contribution >= 4 is 0 Å². The predicted octanol–water partition coefficient (Wildman–Crippen LogP) is 4.66. The van der Waals surface area contributed by atoms with Crippen LogP contribution in [0.3, 0.4) is 0 Å². The summed E-state index contributed by atoms with van der Waals surface area (Å²) in [5.74, 6) is 0. The summed E-state index contributed by atoms with van der Waals surface area (Å²) in [7, 11) is 0. The number of morpholine rings is 1. The molecule has 0 N–H and O–H groups in total. The Labute approximate surface area is 130 Å². The molecular weight excluding hydrogens is 291 g/mol. The van der Waals surface area contributed by atoms with Gasteiger partial charge in [0.1, 0.15) is 0 Å². The van der Waals surface area contributed by atoms with Crippen LogP contribution in [0.5, 0.6) is 0 Å². The highest BCUT2D eigenvalue weighted by atomic mass is 19.4. The summed E-state index contributed by atoms with van der Waals surface area (Å²) in [6.45, 7) is 5.29. The van der Waals surface area contributed by atoms with Crippen molar-refractivity contribution in [2.45, 2.75) is 44.9 Å². The van der Waals surface area contributed by atoms with E-state index in [-0.39, 0.29) is 6.10 Å². The van der Waals surface area contributed by atoms with Gasteiger partial charge in [0.25, 0.3) is 0 Å². The van der Waals surface area contributed by atoms with Crippen molar-refractivity contribution in [3.8, 4) is 0 Å². The molecule has 0 amide bonds. The molecule has 2 nitrogen and oxygen atoms in total. The largest absolute Gasteiger partial charge is 0.416 e. The van der Waals surface area contributed by atoms with Gasteiger partial charge in [-0.15, -0.1) is 0 Å². The Morgan fingerprint density at radius 2 is 2.05 bits per heavy atom. The second kappa shape index (κ2) is 7.97. The van der Waals surface area contributed by atoms with E-state index in [1.165, 1.54) is 31.4 Å². The Bertz CT molecular complexity index is 461. The van der Waals surface area contributed by atoms with E-state index in [2.05, 4.69) is 11.8 Å². The molecule has 1 atom stereocenters. The fourth-order valence-electron chi connectivity index (χ4n) is 2.78. The van der Waals surface area contributed by atoms with Crippen molar-refractivity contribution in [1.29, 1.82) is 0 Å². The Hall–Kier alpha value is -1.07. The molecule has 0 spiro atoms. The van der Waals surface area contributed by atoms with Crippen molar-refractivity contribution in [2.24, 2.45) is 0 Å². The fourth-order valence-corrected chi connectivity index (χ4v) is 2.78. The van der Waals surface area contributed by atoms with E-state index >= 15 is 0 Å². The van der Waals surface area contributed by atoms with Gasteiger partial charge in [0.15, 0.2) is 0 Å². The van der Waals surface area contributed by atoms with Crippen LogP contribution in [-0.4, -0.2) is 31.1 Å². The average molecular weight is 315 g/mol. The molecule has 5 heteroatoms. The van der Waals surface area contributed by atoms with Gasteiger partial charge >= 0.3 is 6.18 Å². The molecule has 1 heterocycles. The Kier molecular flexibility index (Phi) is 6.26. The molecule has 124 valence electrons. The maximum Gasteiger partial charge on any atom is 0.416 e. The van der Waals surface area contributed by atoms with Gasteiger partial charge < -0.3 is 4.74 Å². The van der Waals surface area contributed by atoms with E-state index in [4.69, 9.17) is 4.74 Å². The zero-order chi connectivity index (χ0) is 16.0. The SMILES string of the molecule is CCCCCCN1CCOC(c2cccc(C(F)(F)F)c2)C1. The fraction of sp³-hybridized carbons (Fsp3) is 0.647. The molecule has 0 aromatic heterocycles. The molecule has 2 rings (SSSR count). The van der Waals surface area contributed by atoms with Crippen LogP contribution in [0.1, 0.15) is 49.8 Å². The normalized spacial score (nSPS) is 20.3. The average Bonchev–Trinajstić information content (AvgIpc) is 2.51. The highest BCUT2D eigenvalue weighted by Crippen LogP contribution is 2.32. The molecular formula is C17H24F3NO. The summed E-state index contributed by atoms with van der Waals surface area (Å²) >= 11 is 0. The Balaban J connectivity index is 1.94. The van der Waals surface area contributed by atoms with Gasteiger partial charge in [0, 0.05) is 13.1 Å². The zero-order valence-corrected chi connectivity index (χ0v) is 13.0. The Morgan fingerprint density at radius 3 is 2.77 bits per heavy atom. The van der Waals surface area contributed by atoms with Crippen molar-refractivity contribution in [2.75, 3.05) is 26.2 Å². The second-order valence-corrected chi connectivity index (χ2v) is 5.84. The zero-order valence-electron chi connectivity index (χ0n) is 13.0. The Morgan fingerprint density at radius 1 is 1.23 bits per heavy atom. The number of hydrogen-bond acceptors (Lipinski definition) is 2. The van der Waals surface area contributed by atoms with Gasteiger partial charge in [-0.1, -0.05) is 38.3 Å². The number of hydrogen-bond donors (Lipinski definition) is 0. The maximum absolute atomic E-state index is 12.8. The van der Waals surface area contributed by atoms with E-state index in [0.29, 0.717) is 18.7 Å². The second-order valence-electron chi connectivity index (χ2n) is 5.84. The van der Waals surface area contributed by atoms with Crippen molar-refractivity contribution in [1.82, 2.24) is 4.90 Å². The predicted molar refractivity (Wildman–Crippen MR) is 80.7 cm³/mol. The highest BCUT2D eigenvalue weighted by Gasteiger charge is 2.31. The number of halogens is 3. The number of ether oxygens (including phenoxy) is 1. The molecule has 1 unspecified atom stereocenters. The van der Waals surface area contributed by atoms with Crippen LogP contribution >= 0.6 is 0 Å². The molecule has 1 aromatic rings. The molecule has 0 aliphatic carbocycles. The molecule has 1 aliphatic rings. The van der Waals surface area contributed by atoms with E-state index < -0.39 is 11.7 Å². The molecule has 1 aromatic carbocycles. The van der Waals surface area contributed by atoms with Gasteiger partial charge in [0.05, 0.1) is 18.3 Å². The van der Waals surface area contributed by atoms with E-state index in [0.717, 1.165) is 25.6 Å². The third-order valence-corrected chi connectivity index (χ3v) is 4.06. The third-order valence-electron chi connectivity index (χ3n) is 4.06. The highest BCUT2D eigenvalue weighted by molar-refractivity contribution is 5.27. The lowest BCUT2D eigenvalue weighted by Crippen LogP contribution is -2.38. The van der Waals surface area contributed by atoms with Crippen LogP contribution in [-0.2, 0) is 10.9 Å². The number of rotatable bonds is 6. The molecule has 0 bridgehead atoms. The minimum atomic E-state index is -4.30. The van der Waals surface area contributed by atoms with Crippen LogP contribution in [0.15, 0.2) is 24.3 Å². The molecule has 1 fully saturated rings. The minimum absolute atomic E-state index is 0.262. The summed E-state index contributed by atoms with van der Waals surface area (Å²) in [5.41, 5.74) is 0.0155. The molecule has 0 radical (unpaired) electrons. The third kappa shape index (κ3) is 4.99. The molecule has 0 saturated carbocycles. The van der Waals surface area contributed by atoms with Gasteiger partial charge in [0.2, 0.25) is 0 Å². The standard InChI is InChI=1S/C17H24F3NO/c1-2-3-4-5-9-21-10-11-22-16(13-21)14-7-6-8-15(12-14)17(18,19)20/h6-8,12,16H,2-5,9-11,13H2,1H3. The van der Waals surface area contributed by atoms with Crippen LogP contribution in [0.4, 0.5) is 13.2 Å². The lowest BCUT2D eigenvalue weighted by Gasteiger charge is -2.33. The van der Waals surface area contributed by atoms with Crippen LogP contribution in [0.2, 0.25) is 0 Å². The van der Waals surface area contributed by atoms with E-state index in [9.17, 15) is 13.2 Å². The van der Waals surface area contributed by atoms with Crippen molar-refractivity contribution in [3.05, 3.63) is 35.4 Å². The molecule has 1 aliphatic heterocycles. The van der Waals surface area contributed by atoms with Crippen molar-refractivity contribution in [3.63, 3.8) is 0 Å². The van der Waals surface area contributed by atoms with E-state index in [1.54, 1.807) is 6.07 Å². The van der Waals surface area contributed by atoms with Crippen LogP contribution in [0.25, 0.3) is 0 Å². The summed E-state index contributed by atoms with van der Waals surface area (Å²) in [4.78, 5) is 2.30. The van der Waals surface area contributed by atoms with Gasteiger partial charge in [-0.05, 0) is 30.7 Å². The first kappa shape index (κ1) is 17.3. The minimum Gasteiger partial charge on any atom is -0.371 e. The monoisotopic (exact) mass is 315 g/mol. The molecule has 1 saturated heterocycles. The van der Waals surface area contributed by atoms with Gasteiger partial charge in [-0.25, -0.2) is 0 Å². The first-order valence-electron chi connectivity index (χ1n) is 8.02. The number of nitrogens with zero attached hydrogens (tertiary/aromatic N) is 1. The van der Waals surface area contributed by atoms with Crippen LogP contribution in [0, 0.1) is 0 Å². The maximum atomic E-state index is 12.8. The summed E-state index contributed by atoms with van der Waals surface area (Å²) < 4.78 is 44.1. The van der Waals surface area contributed by atoms with Crippen molar-refractivity contribution < 1.29 is 17.9 Å². The topological polar surface area (TPSA) is 12.5 Å². The number of unbranched alkanes of at least 4 members (excludes halogenated alkanes) is 3. The lowest BCUT2D eigenvalue weighted by molar-refractivity contribution is -0.137. The quantitative estimate of drug-likeness (QED) is 0.708. The lowest BCUT2D eigenvalue weighted by atomic mass is 10.0. The summed E-state index contributed by atoms with van der Waals surface area (Å²) in [5, 5.41) is 0. The first-order valence-corrected chi connectivity index (χ1v) is 8.02. The van der Waals surface area contributed by atoms with Gasteiger partial charge in [-0.3, -0.25) is 4.90 Å². The van der Waals surface area contributed by atoms with Gasteiger partial charge in [-0.2, -0.15) is 13.2 Å². The smallest absolute Gasteiger partial charge is 0.371 e. The van der Waals surface area contributed by atoms with E-state index in [1.807, 2.05) is 0 Å².